The highest BCUT2D eigenvalue weighted by molar-refractivity contribution is 5.78. The summed E-state index contributed by atoms with van der Waals surface area (Å²) in [4.78, 5) is 10.6. The normalized spacial score (nSPS) is 23.7. The van der Waals surface area contributed by atoms with Crippen LogP contribution in [0.25, 0.3) is 0 Å². The first-order valence-electron chi connectivity index (χ1n) is 4.51. The Bertz CT molecular complexity index is 439. The number of hydrogen-bond acceptors (Lipinski definition) is 2. The Kier molecular flexibility index (Phi) is 2.46. The van der Waals surface area contributed by atoms with Gasteiger partial charge >= 0.3 is 6.18 Å². The van der Waals surface area contributed by atoms with E-state index >= 15 is 0 Å². The van der Waals surface area contributed by atoms with Gasteiger partial charge in [-0.1, -0.05) is 0 Å². The molecule has 0 N–H and O–H groups in total. The van der Waals surface area contributed by atoms with Crippen molar-refractivity contribution < 1.29 is 22.7 Å². The molecule has 84 valence electrons. The largest absolute Gasteiger partial charge is 0.465 e. The van der Waals surface area contributed by atoms with Crippen molar-refractivity contribution >= 4 is 6.29 Å². The number of ether oxygens (including phenoxy) is 1. The molecule has 16 heavy (non-hydrogen) atoms. The second-order valence-electron chi connectivity index (χ2n) is 3.38. The molecule has 1 atom stereocenters. The molecule has 0 fully saturated rings. The maximum Gasteiger partial charge on any atom is 0.399 e. The van der Waals surface area contributed by atoms with E-state index in [1.54, 1.807) is 12.2 Å². The van der Waals surface area contributed by atoms with Gasteiger partial charge in [0, 0.05) is 11.1 Å². The van der Waals surface area contributed by atoms with Gasteiger partial charge in [-0.05, 0) is 24.3 Å². The van der Waals surface area contributed by atoms with Gasteiger partial charge in [0.25, 0.3) is 0 Å². The van der Waals surface area contributed by atoms with Crippen LogP contribution >= 0.6 is 0 Å². The van der Waals surface area contributed by atoms with E-state index in [-0.39, 0.29) is 17.6 Å². The summed E-state index contributed by atoms with van der Waals surface area (Å²) < 4.78 is 42.8. The second-order valence-corrected chi connectivity index (χ2v) is 3.38. The number of alkyl halides is 3. The van der Waals surface area contributed by atoms with Crippen LogP contribution in [-0.2, 0) is 9.53 Å². The third-order valence-corrected chi connectivity index (χ3v) is 2.32. The van der Waals surface area contributed by atoms with Gasteiger partial charge in [0.15, 0.2) is 0 Å². The molecular weight excluding hydrogens is 221 g/mol. The summed E-state index contributed by atoms with van der Waals surface area (Å²) in [7, 11) is 0. The van der Waals surface area contributed by atoms with Gasteiger partial charge in [-0.3, -0.25) is 4.79 Å². The molecule has 1 heterocycles. The van der Waals surface area contributed by atoms with E-state index in [4.69, 9.17) is 4.74 Å². The quantitative estimate of drug-likeness (QED) is 0.645. The molecule has 0 spiro atoms. The lowest BCUT2D eigenvalue weighted by Gasteiger charge is -2.24. The molecule has 0 aromatic heterocycles. The van der Waals surface area contributed by atoms with Crippen molar-refractivity contribution in [3.8, 4) is 0 Å². The van der Waals surface area contributed by atoms with Crippen molar-refractivity contribution in [2.24, 2.45) is 5.92 Å². The van der Waals surface area contributed by atoms with Gasteiger partial charge in [-0.2, -0.15) is 13.2 Å². The van der Waals surface area contributed by atoms with Crippen molar-refractivity contribution in [1.29, 1.82) is 0 Å². The van der Waals surface area contributed by atoms with Gasteiger partial charge in [-0.15, -0.1) is 0 Å². The van der Waals surface area contributed by atoms with Crippen LogP contribution in [0.3, 0.4) is 0 Å². The number of carbonyl (C=O) groups is 1. The molecule has 0 bridgehead atoms. The first-order valence-corrected chi connectivity index (χ1v) is 4.51. The minimum atomic E-state index is -4.48. The van der Waals surface area contributed by atoms with Crippen LogP contribution in [0.2, 0.25) is 0 Å². The summed E-state index contributed by atoms with van der Waals surface area (Å²) in [5.74, 6) is -1.75. The highest BCUT2D eigenvalue weighted by atomic mass is 19.4. The Balaban J connectivity index is 2.44. The van der Waals surface area contributed by atoms with E-state index in [0.717, 1.165) is 6.08 Å². The van der Waals surface area contributed by atoms with Crippen LogP contribution in [0.15, 0.2) is 47.5 Å². The van der Waals surface area contributed by atoms with Crippen molar-refractivity contribution in [1.82, 2.24) is 0 Å². The van der Waals surface area contributed by atoms with Gasteiger partial charge < -0.3 is 4.74 Å². The molecule has 2 aliphatic rings. The Morgan fingerprint density at radius 2 is 2.12 bits per heavy atom. The highest BCUT2D eigenvalue weighted by Crippen LogP contribution is 2.38. The fourth-order valence-electron chi connectivity index (χ4n) is 1.57. The molecule has 0 unspecified atom stereocenters. The van der Waals surface area contributed by atoms with E-state index < -0.39 is 12.1 Å². The molecule has 2 rings (SSSR count). The van der Waals surface area contributed by atoms with Crippen molar-refractivity contribution in [2.75, 3.05) is 0 Å². The summed E-state index contributed by atoms with van der Waals surface area (Å²) in [5, 5.41) is 0. The van der Waals surface area contributed by atoms with E-state index in [9.17, 15) is 18.0 Å². The van der Waals surface area contributed by atoms with Crippen LogP contribution in [0.1, 0.15) is 0 Å². The lowest BCUT2D eigenvalue weighted by molar-refractivity contribution is -0.153. The predicted molar refractivity (Wildman–Crippen MR) is 50.1 cm³/mol. The molecule has 2 nitrogen and oxygen atoms in total. The number of halogens is 3. The molecule has 1 aliphatic heterocycles. The zero-order valence-electron chi connectivity index (χ0n) is 7.99. The summed E-state index contributed by atoms with van der Waals surface area (Å²) in [5.41, 5.74) is 0.173. The van der Waals surface area contributed by atoms with Crippen LogP contribution in [0.4, 0.5) is 13.2 Å². The average molecular weight is 228 g/mol. The lowest BCUT2D eigenvalue weighted by atomic mass is 9.90. The first-order chi connectivity index (χ1) is 7.52. The third kappa shape index (κ3) is 1.80. The van der Waals surface area contributed by atoms with E-state index in [0.29, 0.717) is 5.57 Å². The van der Waals surface area contributed by atoms with Crippen LogP contribution in [0.5, 0.6) is 0 Å². The molecule has 0 aromatic rings. The molecule has 5 heteroatoms. The van der Waals surface area contributed by atoms with Gasteiger partial charge in [0.05, 0.1) is 6.26 Å². The Labute approximate surface area is 89.4 Å². The Morgan fingerprint density at radius 1 is 1.38 bits per heavy atom. The van der Waals surface area contributed by atoms with Crippen LogP contribution < -0.4 is 0 Å². The zero-order chi connectivity index (χ0) is 11.8. The molecule has 0 saturated carbocycles. The fourth-order valence-corrected chi connectivity index (χ4v) is 1.57. The predicted octanol–water partition coefficient (Wildman–Crippen LogP) is 2.66. The maximum atomic E-state index is 12.6. The number of carbonyl (C=O) groups excluding carboxylic acids is 1. The van der Waals surface area contributed by atoms with E-state index in [2.05, 4.69) is 0 Å². The minimum absolute atomic E-state index is 0.135. The summed E-state index contributed by atoms with van der Waals surface area (Å²) in [6.45, 7) is 0. The second kappa shape index (κ2) is 3.66. The molecular formula is C11H7F3O2. The van der Waals surface area contributed by atoms with Gasteiger partial charge in [-0.25, -0.2) is 0 Å². The summed E-state index contributed by atoms with van der Waals surface area (Å²) in [6.07, 6.45) is 2.30. The summed E-state index contributed by atoms with van der Waals surface area (Å²) in [6, 6.07) is 0. The number of aldehydes is 1. The average Bonchev–Trinajstić information content (AvgIpc) is 2.26. The van der Waals surface area contributed by atoms with Crippen LogP contribution in [-0.4, -0.2) is 12.5 Å². The number of rotatable bonds is 1. The zero-order valence-corrected chi connectivity index (χ0v) is 7.99. The monoisotopic (exact) mass is 228 g/mol. The van der Waals surface area contributed by atoms with Crippen molar-refractivity contribution in [2.45, 2.75) is 6.18 Å². The molecule has 0 amide bonds. The molecule has 1 aliphatic carbocycles. The lowest BCUT2D eigenvalue weighted by Crippen LogP contribution is -2.26. The minimum Gasteiger partial charge on any atom is -0.465 e. The van der Waals surface area contributed by atoms with Crippen molar-refractivity contribution in [3.63, 3.8) is 0 Å². The third-order valence-electron chi connectivity index (χ3n) is 2.32. The van der Waals surface area contributed by atoms with E-state index in [1.165, 1.54) is 12.3 Å². The van der Waals surface area contributed by atoms with E-state index in [1.807, 2.05) is 0 Å². The first kappa shape index (κ1) is 10.7. The molecule has 0 saturated heterocycles. The highest BCUT2D eigenvalue weighted by Gasteiger charge is 2.42. The van der Waals surface area contributed by atoms with Gasteiger partial charge in [0.2, 0.25) is 0 Å². The van der Waals surface area contributed by atoms with Crippen LogP contribution in [0, 0.1) is 5.92 Å². The maximum absolute atomic E-state index is 12.6. The summed E-state index contributed by atoms with van der Waals surface area (Å²) >= 11 is 0. The van der Waals surface area contributed by atoms with Gasteiger partial charge in [0.1, 0.15) is 18.0 Å². The fraction of sp³-hybridized carbons (Fsp3) is 0.182. The number of hydrogen-bond donors (Lipinski definition) is 0. The topological polar surface area (TPSA) is 26.3 Å². The van der Waals surface area contributed by atoms with Crippen molar-refractivity contribution in [3.05, 3.63) is 47.5 Å². The SMILES string of the molecule is O=CC1=CC2=CC=COC2=C[C@@H]1C(F)(F)F. The number of allylic oxidation sites excluding steroid dienone is 5. The standard InChI is InChI=1S/C11H7F3O2/c12-11(13,14)9-5-10-7(2-1-3-16-10)4-8(9)6-15/h1-6,9H/t9-/m0/s1. The number of fused-ring (bicyclic) bond motifs is 1. The molecule has 0 aromatic carbocycles. The Hall–Kier alpha value is -1.78. The smallest absolute Gasteiger partial charge is 0.399 e. The molecule has 0 radical (unpaired) electrons. The Morgan fingerprint density at radius 3 is 2.75 bits per heavy atom.